The summed E-state index contributed by atoms with van der Waals surface area (Å²) < 4.78 is 0. The summed E-state index contributed by atoms with van der Waals surface area (Å²) in [5.41, 5.74) is 4.74. The Bertz CT molecular complexity index is 1090. The molecule has 0 atom stereocenters. The molecule has 0 unspecified atom stereocenters. The van der Waals surface area contributed by atoms with Gasteiger partial charge in [0.2, 0.25) is 5.91 Å². The molecule has 0 radical (unpaired) electrons. The summed E-state index contributed by atoms with van der Waals surface area (Å²) in [5.74, 6) is -0.0427. The molecule has 3 aromatic carbocycles. The Balaban J connectivity index is 1.52. The predicted molar refractivity (Wildman–Crippen MR) is 122 cm³/mol. The molecule has 152 valence electrons. The third-order valence-electron chi connectivity index (χ3n) is 5.17. The summed E-state index contributed by atoms with van der Waals surface area (Å²) in [6, 6.07) is 21.9. The molecule has 0 saturated heterocycles. The second kappa shape index (κ2) is 8.86. The van der Waals surface area contributed by atoms with Crippen LogP contribution in [0.25, 0.3) is 0 Å². The topological polar surface area (TPSA) is 49.4 Å². The smallest absolute Gasteiger partial charge is 0.245 e. The molecule has 30 heavy (non-hydrogen) atoms. The number of carbonyl (C=O) groups is 2. The summed E-state index contributed by atoms with van der Waals surface area (Å²) in [7, 11) is 0. The highest BCUT2D eigenvalue weighted by Gasteiger charge is 2.28. The van der Waals surface area contributed by atoms with Crippen LogP contribution in [0, 0.1) is 6.92 Å². The third-order valence-corrected chi connectivity index (χ3v) is 6.30. The number of para-hydroxylation sites is 1. The molecular weight excluding hydrogens is 392 g/mol. The summed E-state index contributed by atoms with van der Waals surface area (Å²) in [6.07, 6.45) is 0.866. The van der Waals surface area contributed by atoms with Gasteiger partial charge in [-0.3, -0.25) is 14.5 Å². The van der Waals surface area contributed by atoms with E-state index in [1.54, 1.807) is 23.6 Å². The Morgan fingerprint density at radius 2 is 1.67 bits per heavy atom. The highest BCUT2D eigenvalue weighted by Crippen LogP contribution is 2.48. The molecule has 4 rings (SSSR count). The number of carbonyl (C=O) groups excluding carboxylic acids is 2. The normalized spacial score (nSPS) is 12.3. The van der Waals surface area contributed by atoms with Crippen LogP contribution in [0.1, 0.15) is 28.4 Å². The number of rotatable bonds is 6. The maximum Gasteiger partial charge on any atom is 0.245 e. The van der Waals surface area contributed by atoms with Crippen LogP contribution >= 0.6 is 11.8 Å². The van der Waals surface area contributed by atoms with Crippen LogP contribution in [0.4, 0.5) is 11.4 Å². The van der Waals surface area contributed by atoms with Gasteiger partial charge in [-0.2, -0.15) is 0 Å². The number of anilines is 2. The van der Waals surface area contributed by atoms with Crippen molar-refractivity contribution in [3.05, 3.63) is 83.4 Å². The standard InChI is InChI=1S/C25H24N2O2S/c1-17-7-9-19(10-8-17)13-14-26-16-25(29)27-21-5-3-4-6-23(21)30-24-12-11-20(18(2)28)15-22(24)27/h3-12,15,26H,13-14,16H2,1-2H3. The molecule has 1 heterocycles. The molecule has 1 aliphatic rings. The lowest BCUT2D eigenvalue weighted by Crippen LogP contribution is -2.37. The van der Waals surface area contributed by atoms with E-state index in [9.17, 15) is 9.59 Å². The number of fused-ring (bicyclic) bond motifs is 2. The number of aryl methyl sites for hydroxylation is 1. The monoisotopic (exact) mass is 416 g/mol. The van der Waals surface area contributed by atoms with Crippen molar-refractivity contribution >= 4 is 34.8 Å². The second-order valence-electron chi connectivity index (χ2n) is 7.45. The van der Waals surface area contributed by atoms with E-state index in [1.807, 2.05) is 42.5 Å². The van der Waals surface area contributed by atoms with Gasteiger partial charge in [-0.25, -0.2) is 0 Å². The average molecular weight is 417 g/mol. The number of Topliss-reactive ketones (excluding diaryl/α,β-unsaturated/α-hetero) is 1. The van der Waals surface area contributed by atoms with Gasteiger partial charge in [0, 0.05) is 15.4 Å². The summed E-state index contributed by atoms with van der Waals surface area (Å²) in [5, 5.41) is 3.28. The quantitative estimate of drug-likeness (QED) is 0.445. The van der Waals surface area contributed by atoms with Crippen molar-refractivity contribution in [2.75, 3.05) is 18.0 Å². The first kappa shape index (κ1) is 20.4. The molecule has 4 nitrogen and oxygen atoms in total. The van der Waals surface area contributed by atoms with Crippen LogP contribution in [-0.4, -0.2) is 24.8 Å². The Kier molecular flexibility index (Phi) is 6.02. The Labute approximate surface area is 181 Å². The number of benzene rings is 3. The molecule has 0 saturated carbocycles. The number of hydrogen-bond acceptors (Lipinski definition) is 4. The summed E-state index contributed by atoms with van der Waals surface area (Å²) in [6.45, 7) is 4.57. The minimum absolute atomic E-state index is 0.00900. The van der Waals surface area contributed by atoms with Crippen molar-refractivity contribution in [1.29, 1.82) is 0 Å². The van der Waals surface area contributed by atoms with E-state index in [2.05, 4.69) is 36.5 Å². The Morgan fingerprint density at radius 3 is 2.43 bits per heavy atom. The first-order valence-electron chi connectivity index (χ1n) is 10.0. The van der Waals surface area contributed by atoms with Crippen LogP contribution in [0.15, 0.2) is 76.5 Å². The minimum atomic E-state index is -0.0337. The van der Waals surface area contributed by atoms with Gasteiger partial charge < -0.3 is 5.32 Å². The molecule has 0 aliphatic carbocycles. The van der Waals surface area contributed by atoms with Gasteiger partial charge in [-0.15, -0.1) is 0 Å². The van der Waals surface area contributed by atoms with Gasteiger partial charge in [0.15, 0.2) is 5.78 Å². The predicted octanol–water partition coefficient (Wildman–Crippen LogP) is 5.16. The number of hydrogen-bond donors (Lipinski definition) is 1. The highest BCUT2D eigenvalue weighted by molar-refractivity contribution is 7.99. The fourth-order valence-corrected chi connectivity index (χ4v) is 4.54. The minimum Gasteiger partial charge on any atom is -0.308 e. The van der Waals surface area contributed by atoms with E-state index in [1.165, 1.54) is 11.1 Å². The lowest BCUT2D eigenvalue weighted by atomic mass is 10.1. The number of nitrogens with one attached hydrogen (secondary N) is 1. The molecule has 1 aliphatic heterocycles. The van der Waals surface area contributed by atoms with Crippen LogP contribution in [0.3, 0.4) is 0 Å². The van der Waals surface area contributed by atoms with Crippen molar-refractivity contribution in [2.45, 2.75) is 30.1 Å². The molecule has 3 aromatic rings. The van der Waals surface area contributed by atoms with Crippen molar-refractivity contribution < 1.29 is 9.59 Å². The number of nitrogens with zero attached hydrogens (tertiary/aromatic N) is 1. The highest BCUT2D eigenvalue weighted by atomic mass is 32.2. The van der Waals surface area contributed by atoms with Crippen molar-refractivity contribution in [2.24, 2.45) is 0 Å². The average Bonchev–Trinajstić information content (AvgIpc) is 2.75. The molecule has 0 aromatic heterocycles. The zero-order valence-corrected chi connectivity index (χ0v) is 18.0. The molecule has 0 spiro atoms. The van der Waals surface area contributed by atoms with Gasteiger partial charge in [0.05, 0.1) is 17.9 Å². The Hall–Kier alpha value is -2.89. The van der Waals surface area contributed by atoms with Gasteiger partial charge >= 0.3 is 0 Å². The van der Waals surface area contributed by atoms with Crippen molar-refractivity contribution in [3.63, 3.8) is 0 Å². The Morgan fingerprint density at radius 1 is 0.933 bits per heavy atom. The fraction of sp³-hybridized carbons (Fsp3) is 0.200. The molecule has 5 heteroatoms. The second-order valence-corrected chi connectivity index (χ2v) is 8.53. The maximum atomic E-state index is 13.2. The molecular formula is C25H24N2O2S. The first-order valence-corrected chi connectivity index (χ1v) is 10.9. The van der Waals surface area contributed by atoms with Crippen LogP contribution < -0.4 is 10.2 Å². The lowest BCUT2D eigenvalue weighted by Gasteiger charge is -2.31. The van der Waals surface area contributed by atoms with E-state index in [0.29, 0.717) is 5.56 Å². The molecule has 0 fully saturated rings. The van der Waals surface area contributed by atoms with Crippen LogP contribution in [0.2, 0.25) is 0 Å². The van der Waals surface area contributed by atoms with E-state index >= 15 is 0 Å². The van der Waals surface area contributed by atoms with Crippen molar-refractivity contribution in [1.82, 2.24) is 5.32 Å². The number of ketones is 1. The maximum absolute atomic E-state index is 13.2. The summed E-state index contributed by atoms with van der Waals surface area (Å²) in [4.78, 5) is 28.9. The van der Waals surface area contributed by atoms with E-state index in [-0.39, 0.29) is 18.2 Å². The van der Waals surface area contributed by atoms with Gasteiger partial charge in [-0.05, 0) is 56.6 Å². The van der Waals surface area contributed by atoms with Gasteiger partial charge in [0.25, 0.3) is 0 Å². The molecule has 1 N–H and O–H groups in total. The third kappa shape index (κ3) is 4.32. The van der Waals surface area contributed by atoms with Gasteiger partial charge in [0.1, 0.15) is 0 Å². The first-order chi connectivity index (χ1) is 14.5. The van der Waals surface area contributed by atoms with Gasteiger partial charge in [-0.1, -0.05) is 59.8 Å². The van der Waals surface area contributed by atoms with E-state index < -0.39 is 0 Å². The zero-order valence-electron chi connectivity index (χ0n) is 17.1. The van der Waals surface area contributed by atoms with E-state index in [4.69, 9.17) is 0 Å². The van der Waals surface area contributed by atoms with E-state index in [0.717, 1.165) is 34.1 Å². The lowest BCUT2D eigenvalue weighted by molar-refractivity contribution is -0.117. The summed E-state index contributed by atoms with van der Waals surface area (Å²) >= 11 is 1.63. The number of amides is 1. The molecule has 1 amide bonds. The zero-order chi connectivity index (χ0) is 21.1. The SMILES string of the molecule is CC(=O)c1ccc2c(c1)N(C(=O)CNCCc1ccc(C)cc1)c1ccccc1S2. The van der Waals surface area contributed by atoms with Crippen LogP contribution in [-0.2, 0) is 11.2 Å². The van der Waals surface area contributed by atoms with Crippen LogP contribution in [0.5, 0.6) is 0 Å². The molecule has 0 bridgehead atoms. The fourth-order valence-electron chi connectivity index (χ4n) is 3.50. The van der Waals surface area contributed by atoms with Crippen molar-refractivity contribution in [3.8, 4) is 0 Å². The largest absolute Gasteiger partial charge is 0.308 e.